The Balaban J connectivity index is -0.0000000630. The summed E-state index contributed by atoms with van der Waals surface area (Å²) >= 11 is 0. The number of rotatable bonds is 0. The molecule has 1 aliphatic rings. The van der Waals surface area contributed by atoms with Gasteiger partial charge in [-0.3, -0.25) is 0 Å². The van der Waals surface area contributed by atoms with Gasteiger partial charge in [0.05, 0.1) is 0 Å². The van der Waals surface area contributed by atoms with E-state index in [4.69, 9.17) is 0 Å². The van der Waals surface area contributed by atoms with E-state index in [1.54, 1.807) is 14.2 Å². The molecule has 0 unspecified atom stereocenters. The molecule has 1 rings (SSSR count). The fourth-order valence-corrected chi connectivity index (χ4v) is 1.06. The largest absolute Gasteiger partial charge is 0.388 e. The van der Waals surface area contributed by atoms with Gasteiger partial charge in [0.1, 0.15) is 0 Å². The maximum absolute atomic E-state index is 4.25. The highest BCUT2D eigenvalue weighted by molar-refractivity contribution is 4.51. The van der Waals surface area contributed by atoms with E-state index in [1.807, 2.05) is 27.7 Å². The van der Waals surface area contributed by atoms with Crippen LogP contribution in [0.1, 0.15) is 86.5 Å². The van der Waals surface area contributed by atoms with Crippen LogP contribution in [0.4, 0.5) is 0 Å². The summed E-state index contributed by atoms with van der Waals surface area (Å²) in [6, 6.07) is 0. The topological polar surface area (TPSA) is 9.23 Å². The van der Waals surface area contributed by atoms with Gasteiger partial charge in [0.15, 0.2) is 0 Å². The molecule has 0 aromatic heterocycles. The molecular formula is C15H38O. The Morgan fingerprint density at radius 2 is 0.688 bits per heavy atom. The van der Waals surface area contributed by atoms with Crippen molar-refractivity contribution in [1.82, 2.24) is 0 Å². The molecule has 1 aliphatic carbocycles. The van der Waals surface area contributed by atoms with E-state index in [1.165, 1.54) is 44.9 Å². The minimum absolute atomic E-state index is 1.25. The van der Waals surface area contributed by atoms with Crippen LogP contribution < -0.4 is 0 Å². The zero-order valence-corrected chi connectivity index (χ0v) is 13.4. The second-order valence-electron chi connectivity index (χ2n) is 3.24. The number of hydrogen-bond acceptors (Lipinski definition) is 1. The zero-order valence-electron chi connectivity index (χ0n) is 13.4. The predicted octanol–water partition coefficient (Wildman–Crippen LogP) is 6.07. The lowest BCUT2D eigenvalue weighted by atomic mass is 10.0. The van der Waals surface area contributed by atoms with E-state index in [0.29, 0.717) is 0 Å². The van der Waals surface area contributed by atoms with E-state index < -0.39 is 0 Å². The van der Waals surface area contributed by atoms with E-state index in [-0.39, 0.29) is 0 Å². The van der Waals surface area contributed by atoms with Crippen molar-refractivity contribution in [3.05, 3.63) is 0 Å². The van der Waals surface area contributed by atoms with Gasteiger partial charge in [-0.05, 0) is 0 Å². The summed E-state index contributed by atoms with van der Waals surface area (Å²) in [5.74, 6) is 0. The minimum Gasteiger partial charge on any atom is -0.388 e. The molecule has 104 valence electrons. The van der Waals surface area contributed by atoms with Crippen molar-refractivity contribution in [3.8, 4) is 0 Å². The summed E-state index contributed by atoms with van der Waals surface area (Å²) in [5, 5.41) is 0. The fourth-order valence-electron chi connectivity index (χ4n) is 1.06. The first kappa shape index (κ1) is 25.0. The normalized spacial score (nSPS) is 12.0. The lowest BCUT2D eigenvalue weighted by molar-refractivity contribution is 0.277. The van der Waals surface area contributed by atoms with Crippen LogP contribution in [0.3, 0.4) is 0 Å². The molecule has 0 N–H and O–H groups in total. The van der Waals surface area contributed by atoms with Crippen molar-refractivity contribution in [3.63, 3.8) is 0 Å². The van der Waals surface area contributed by atoms with Crippen molar-refractivity contribution in [2.24, 2.45) is 0 Å². The first-order chi connectivity index (χ1) is 7.83. The Morgan fingerprint density at radius 3 is 0.750 bits per heavy atom. The summed E-state index contributed by atoms with van der Waals surface area (Å²) in [6.45, 7) is 12.2. The van der Waals surface area contributed by atoms with E-state index in [9.17, 15) is 0 Å². The molecule has 0 amide bonds. The van der Waals surface area contributed by atoms with Crippen LogP contribution in [0, 0.1) is 0 Å². The van der Waals surface area contributed by atoms with Gasteiger partial charge in [-0.25, -0.2) is 0 Å². The maximum atomic E-state index is 4.25. The standard InChI is InChI=1S/C6H12.C3H8.C2H6O.2C2H6/c1-2-4-6-5-3-1;2*1-3-2;2*1-2/h1-6H2;3H2,1-2H3;1-2H3;2*1-2H3. The van der Waals surface area contributed by atoms with Crippen LogP contribution in [0.2, 0.25) is 0 Å². The molecule has 0 heterocycles. The quantitative estimate of drug-likeness (QED) is 0.494. The monoisotopic (exact) mass is 234 g/mol. The fraction of sp³-hybridized carbons (Fsp3) is 1.00. The van der Waals surface area contributed by atoms with Gasteiger partial charge in [-0.2, -0.15) is 0 Å². The van der Waals surface area contributed by atoms with E-state index in [0.717, 1.165) is 0 Å². The van der Waals surface area contributed by atoms with Crippen LogP contribution >= 0.6 is 0 Å². The number of ether oxygens (including phenoxy) is 1. The molecule has 1 heteroatoms. The average molecular weight is 234 g/mol. The molecule has 0 aliphatic heterocycles. The highest BCUT2D eigenvalue weighted by Gasteiger charge is 1.95. The third kappa shape index (κ3) is 66.0. The molecule has 1 saturated carbocycles. The average Bonchev–Trinajstić information content (AvgIpc) is 2.38. The molecule has 0 spiro atoms. The Kier molecular flexibility index (Phi) is 71.8. The molecule has 16 heavy (non-hydrogen) atoms. The van der Waals surface area contributed by atoms with Crippen molar-refractivity contribution < 1.29 is 4.74 Å². The smallest absolute Gasteiger partial charge is 0.0351 e. The van der Waals surface area contributed by atoms with Gasteiger partial charge in [-0.1, -0.05) is 86.5 Å². The summed E-state index contributed by atoms with van der Waals surface area (Å²) in [5.41, 5.74) is 0. The molecule has 0 atom stereocenters. The lowest BCUT2D eigenvalue weighted by Crippen LogP contribution is -1.85. The van der Waals surface area contributed by atoms with Gasteiger partial charge in [-0.15, -0.1) is 0 Å². The van der Waals surface area contributed by atoms with Crippen molar-refractivity contribution in [2.75, 3.05) is 14.2 Å². The number of methoxy groups -OCH3 is 1. The highest BCUT2D eigenvalue weighted by atomic mass is 16.4. The summed E-state index contributed by atoms with van der Waals surface area (Å²) in [7, 11) is 3.25. The van der Waals surface area contributed by atoms with Crippen molar-refractivity contribution in [2.45, 2.75) is 86.5 Å². The van der Waals surface area contributed by atoms with Crippen LogP contribution in [-0.2, 0) is 4.74 Å². The third-order valence-electron chi connectivity index (χ3n) is 1.50. The van der Waals surface area contributed by atoms with Gasteiger partial charge < -0.3 is 4.74 Å². The molecule has 0 saturated heterocycles. The van der Waals surface area contributed by atoms with Crippen LogP contribution in [0.5, 0.6) is 0 Å². The van der Waals surface area contributed by atoms with Gasteiger partial charge in [0.2, 0.25) is 0 Å². The SMILES string of the molecule is C1CCCCC1.CC.CC.CCC.COC. The molecule has 0 radical (unpaired) electrons. The van der Waals surface area contributed by atoms with Crippen LogP contribution in [-0.4, -0.2) is 14.2 Å². The van der Waals surface area contributed by atoms with Crippen LogP contribution in [0.25, 0.3) is 0 Å². The second kappa shape index (κ2) is 46.0. The van der Waals surface area contributed by atoms with Gasteiger partial charge >= 0.3 is 0 Å². The molecule has 1 fully saturated rings. The van der Waals surface area contributed by atoms with Crippen LogP contribution in [0.15, 0.2) is 0 Å². The van der Waals surface area contributed by atoms with Crippen molar-refractivity contribution >= 4 is 0 Å². The minimum atomic E-state index is 1.25. The zero-order chi connectivity index (χ0) is 13.7. The molecule has 0 bridgehead atoms. The Morgan fingerprint density at radius 1 is 0.625 bits per heavy atom. The molecular weight excluding hydrogens is 196 g/mol. The predicted molar refractivity (Wildman–Crippen MR) is 79.3 cm³/mol. The summed E-state index contributed by atoms with van der Waals surface area (Å²) in [6.07, 6.45) is 10.2. The van der Waals surface area contributed by atoms with Crippen molar-refractivity contribution in [1.29, 1.82) is 0 Å². The third-order valence-corrected chi connectivity index (χ3v) is 1.50. The molecule has 0 aromatic carbocycles. The Bertz CT molecular complexity index is 35.9. The first-order valence-corrected chi connectivity index (χ1v) is 7.23. The molecule has 1 nitrogen and oxygen atoms in total. The van der Waals surface area contributed by atoms with E-state index in [2.05, 4.69) is 18.6 Å². The summed E-state index contributed by atoms with van der Waals surface area (Å²) in [4.78, 5) is 0. The first-order valence-electron chi connectivity index (χ1n) is 7.23. The lowest BCUT2D eigenvalue weighted by Gasteiger charge is -2.05. The highest BCUT2D eigenvalue weighted by Crippen LogP contribution is 2.15. The molecule has 0 aromatic rings. The second-order valence-corrected chi connectivity index (χ2v) is 3.24. The summed E-state index contributed by atoms with van der Waals surface area (Å²) < 4.78 is 4.25. The number of hydrogen-bond donors (Lipinski definition) is 0. The maximum Gasteiger partial charge on any atom is 0.0351 e. The van der Waals surface area contributed by atoms with Gasteiger partial charge in [0, 0.05) is 14.2 Å². The Labute approximate surface area is 106 Å². The Hall–Kier alpha value is -0.0400. The van der Waals surface area contributed by atoms with Gasteiger partial charge in [0.25, 0.3) is 0 Å². The van der Waals surface area contributed by atoms with E-state index >= 15 is 0 Å².